The van der Waals surface area contributed by atoms with Crippen molar-refractivity contribution in [2.24, 2.45) is 5.92 Å². The van der Waals surface area contributed by atoms with Gasteiger partial charge in [-0.1, -0.05) is 68.5 Å². The molecule has 1 fully saturated rings. The lowest BCUT2D eigenvalue weighted by atomic mass is 9.86. The Morgan fingerprint density at radius 1 is 1.00 bits per heavy atom. The first-order chi connectivity index (χ1) is 16.7. The third-order valence-electron chi connectivity index (χ3n) is 7.15. The summed E-state index contributed by atoms with van der Waals surface area (Å²) in [6, 6.07) is 17.8. The number of anilines is 1. The molecule has 0 saturated heterocycles. The number of hydrogen-bond donors (Lipinski definition) is 1. The zero-order valence-corrected chi connectivity index (χ0v) is 19.2. The maximum Gasteiger partial charge on any atom is 0.275 e. The van der Waals surface area contributed by atoms with Crippen molar-refractivity contribution in [2.45, 2.75) is 44.9 Å². The Hall–Kier alpha value is -3.73. The number of aromatic nitrogens is 3. The number of carbonyl (C=O) groups is 1. The van der Waals surface area contributed by atoms with Gasteiger partial charge in [-0.25, -0.2) is 4.98 Å². The third-order valence-corrected chi connectivity index (χ3v) is 7.15. The van der Waals surface area contributed by atoms with Crippen molar-refractivity contribution < 1.29 is 4.79 Å². The minimum atomic E-state index is -0.254. The van der Waals surface area contributed by atoms with E-state index in [0.29, 0.717) is 11.2 Å². The molecule has 2 aromatic carbocycles. The lowest BCUT2D eigenvalue weighted by Gasteiger charge is -2.22. The maximum absolute atomic E-state index is 13.0. The molecular weight excluding hydrogens is 420 g/mol. The van der Waals surface area contributed by atoms with E-state index in [4.69, 9.17) is 0 Å². The zero-order chi connectivity index (χ0) is 22.9. The van der Waals surface area contributed by atoms with Gasteiger partial charge in [-0.2, -0.15) is 0 Å². The highest BCUT2D eigenvalue weighted by Gasteiger charge is 2.22. The zero-order valence-electron chi connectivity index (χ0n) is 19.2. The summed E-state index contributed by atoms with van der Waals surface area (Å²) in [6.45, 7) is 0. The Morgan fingerprint density at radius 2 is 1.79 bits per heavy atom. The standard InChI is InChI=1S/C29H28N4O/c34-29(28-18-30-26-12-6-7-13-27(26)31-28)32-25-11-5-4-10-24(25)21-17-23-15-14-22(33(23)19-21)16-20-8-2-1-3-9-20/h4-7,10-14,17-20H,1-3,8-9,15-16H2,(H,32,34). The van der Waals surface area contributed by atoms with E-state index >= 15 is 0 Å². The van der Waals surface area contributed by atoms with Gasteiger partial charge in [0, 0.05) is 40.8 Å². The average molecular weight is 449 g/mol. The second-order valence-electron chi connectivity index (χ2n) is 9.44. The van der Waals surface area contributed by atoms with Gasteiger partial charge in [0.05, 0.1) is 17.2 Å². The summed E-state index contributed by atoms with van der Waals surface area (Å²) in [5.74, 6) is 0.557. The average Bonchev–Trinajstić information content (AvgIpc) is 3.46. The first kappa shape index (κ1) is 20.8. The smallest absolute Gasteiger partial charge is 0.275 e. The van der Waals surface area contributed by atoms with Crippen molar-refractivity contribution in [3.05, 3.63) is 84.5 Å². The minimum absolute atomic E-state index is 0.254. The summed E-state index contributed by atoms with van der Waals surface area (Å²) >= 11 is 0. The van der Waals surface area contributed by atoms with Gasteiger partial charge in [0.1, 0.15) is 5.69 Å². The molecule has 170 valence electrons. The van der Waals surface area contributed by atoms with Crippen LogP contribution in [0.25, 0.3) is 27.9 Å². The van der Waals surface area contributed by atoms with Crippen LogP contribution in [-0.4, -0.2) is 20.4 Å². The predicted octanol–water partition coefficient (Wildman–Crippen LogP) is 6.72. The van der Waals surface area contributed by atoms with Crippen LogP contribution in [0.3, 0.4) is 0 Å². The van der Waals surface area contributed by atoms with Crippen molar-refractivity contribution in [1.82, 2.24) is 14.5 Å². The van der Waals surface area contributed by atoms with E-state index in [1.165, 1.54) is 56.1 Å². The molecule has 34 heavy (non-hydrogen) atoms. The highest BCUT2D eigenvalue weighted by Crippen LogP contribution is 2.37. The number of amides is 1. The van der Waals surface area contributed by atoms with Gasteiger partial charge in [-0.05, 0) is 36.6 Å². The normalized spacial score (nSPS) is 15.8. The number of nitrogens with zero attached hydrogens (tertiary/aromatic N) is 3. The number of rotatable bonds is 5. The highest BCUT2D eigenvalue weighted by atomic mass is 16.1. The van der Waals surface area contributed by atoms with E-state index in [0.717, 1.165) is 34.7 Å². The highest BCUT2D eigenvalue weighted by molar-refractivity contribution is 6.05. The van der Waals surface area contributed by atoms with Gasteiger partial charge in [-0.3, -0.25) is 9.78 Å². The molecule has 0 radical (unpaired) electrons. The van der Waals surface area contributed by atoms with Crippen LogP contribution in [0.4, 0.5) is 5.69 Å². The SMILES string of the molecule is O=C(Nc1ccccc1-c1cc2n(c1)C(CC1CCCCC1)=CC2)c1cnc2ccccc2n1. The van der Waals surface area contributed by atoms with Crippen molar-refractivity contribution in [3.63, 3.8) is 0 Å². The fourth-order valence-electron chi connectivity index (χ4n) is 5.37. The Bertz CT molecular complexity index is 1390. The molecule has 1 N–H and O–H groups in total. The Labute approximate surface area is 199 Å². The van der Waals surface area contributed by atoms with E-state index in [1.54, 1.807) is 0 Å². The van der Waals surface area contributed by atoms with Crippen molar-refractivity contribution in [2.75, 3.05) is 5.32 Å². The second-order valence-corrected chi connectivity index (χ2v) is 9.44. The summed E-state index contributed by atoms with van der Waals surface area (Å²) in [7, 11) is 0. The molecule has 1 aliphatic carbocycles. The van der Waals surface area contributed by atoms with Crippen LogP contribution in [0.15, 0.2) is 73.1 Å². The molecule has 0 bridgehead atoms. The lowest BCUT2D eigenvalue weighted by Crippen LogP contribution is -2.14. The van der Waals surface area contributed by atoms with Crippen molar-refractivity contribution >= 4 is 28.3 Å². The van der Waals surface area contributed by atoms with Crippen LogP contribution in [0.2, 0.25) is 0 Å². The minimum Gasteiger partial charge on any atom is -0.324 e. The molecule has 0 unspecified atom stereocenters. The molecule has 3 heterocycles. The number of nitrogens with one attached hydrogen (secondary N) is 1. The number of fused-ring (bicyclic) bond motifs is 2. The number of hydrogen-bond acceptors (Lipinski definition) is 3. The lowest BCUT2D eigenvalue weighted by molar-refractivity contribution is 0.102. The fourth-order valence-corrected chi connectivity index (χ4v) is 5.37. The maximum atomic E-state index is 13.0. The Morgan fingerprint density at radius 3 is 2.68 bits per heavy atom. The molecule has 5 heteroatoms. The number of carbonyl (C=O) groups excluding carboxylic acids is 1. The molecule has 0 spiro atoms. The van der Waals surface area contributed by atoms with Crippen LogP contribution in [-0.2, 0) is 6.42 Å². The largest absolute Gasteiger partial charge is 0.324 e. The van der Waals surface area contributed by atoms with Crippen molar-refractivity contribution in [3.8, 4) is 11.1 Å². The molecule has 1 aliphatic heterocycles. The van der Waals surface area contributed by atoms with Gasteiger partial charge in [0.2, 0.25) is 0 Å². The Balaban J connectivity index is 1.24. The quantitative estimate of drug-likeness (QED) is 0.369. The van der Waals surface area contributed by atoms with E-state index in [2.05, 4.69) is 44.3 Å². The molecular formula is C29H28N4O. The number of benzene rings is 2. The molecule has 2 aliphatic rings. The van der Waals surface area contributed by atoms with Gasteiger partial charge in [0.15, 0.2) is 0 Å². The topological polar surface area (TPSA) is 59.8 Å². The van der Waals surface area contributed by atoms with Crippen molar-refractivity contribution in [1.29, 1.82) is 0 Å². The van der Waals surface area contributed by atoms with Gasteiger partial charge < -0.3 is 9.88 Å². The van der Waals surface area contributed by atoms with Crippen LogP contribution in [0, 0.1) is 5.92 Å². The van der Waals surface area contributed by atoms with E-state index in [9.17, 15) is 4.79 Å². The molecule has 1 amide bonds. The van der Waals surface area contributed by atoms with Gasteiger partial charge in [-0.15, -0.1) is 0 Å². The van der Waals surface area contributed by atoms with Crippen LogP contribution >= 0.6 is 0 Å². The summed E-state index contributed by atoms with van der Waals surface area (Å²) in [5, 5.41) is 3.07. The summed E-state index contributed by atoms with van der Waals surface area (Å²) < 4.78 is 2.37. The van der Waals surface area contributed by atoms with Gasteiger partial charge in [0.25, 0.3) is 5.91 Å². The molecule has 0 atom stereocenters. The molecule has 4 aromatic rings. The summed E-state index contributed by atoms with van der Waals surface area (Å²) in [4.78, 5) is 21.9. The predicted molar refractivity (Wildman–Crippen MR) is 137 cm³/mol. The number of allylic oxidation sites excluding steroid dienone is 2. The van der Waals surface area contributed by atoms with E-state index < -0.39 is 0 Å². The monoisotopic (exact) mass is 448 g/mol. The van der Waals surface area contributed by atoms with Crippen LogP contribution < -0.4 is 5.32 Å². The van der Waals surface area contributed by atoms with E-state index in [-0.39, 0.29) is 5.91 Å². The van der Waals surface area contributed by atoms with Gasteiger partial charge >= 0.3 is 0 Å². The third kappa shape index (κ3) is 4.03. The summed E-state index contributed by atoms with van der Waals surface area (Å²) in [6.07, 6.45) is 15.1. The molecule has 1 saturated carbocycles. The second kappa shape index (κ2) is 8.90. The fraction of sp³-hybridized carbons (Fsp3) is 0.276. The molecule has 5 nitrogen and oxygen atoms in total. The molecule has 6 rings (SSSR count). The molecule has 2 aromatic heterocycles. The first-order valence-electron chi connectivity index (χ1n) is 12.3. The Kier molecular flexibility index (Phi) is 5.46. The summed E-state index contributed by atoms with van der Waals surface area (Å²) in [5.41, 5.74) is 7.48. The van der Waals surface area contributed by atoms with Crippen LogP contribution in [0.5, 0.6) is 0 Å². The first-order valence-corrected chi connectivity index (χ1v) is 12.3. The van der Waals surface area contributed by atoms with E-state index in [1.807, 2.05) is 42.5 Å². The van der Waals surface area contributed by atoms with Crippen LogP contribution in [0.1, 0.15) is 54.7 Å². The number of para-hydroxylation sites is 3.